The number of hydrogen-bond acceptors (Lipinski definition) is 3. The third kappa shape index (κ3) is 4.79. The second kappa shape index (κ2) is 7.22. The van der Waals surface area contributed by atoms with E-state index in [1.165, 1.54) is 11.1 Å². The Balaban J connectivity index is 1.72. The van der Waals surface area contributed by atoms with E-state index in [9.17, 15) is 0 Å². The molecule has 0 spiro atoms. The molecule has 0 radical (unpaired) electrons. The minimum Gasteiger partial charge on any atom is -0.327 e. The number of aryl methyl sites for hydroxylation is 2. The molecule has 4 heteroatoms. The largest absolute Gasteiger partial charge is 0.327 e. The quantitative estimate of drug-likeness (QED) is 0.836. The molecule has 0 aliphatic heterocycles. The van der Waals surface area contributed by atoms with Gasteiger partial charge >= 0.3 is 0 Å². The lowest BCUT2D eigenvalue weighted by Crippen LogP contribution is -2.35. The normalized spacial score (nSPS) is 12.8. The van der Waals surface area contributed by atoms with Crippen molar-refractivity contribution in [1.82, 2.24) is 14.7 Å². The fraction of sp³-hybridized carbons (Fsp3) is 0.438. The topological polar surface area (TPSA) is 47.1 Å². The van der Waals surface area contributed by atoms with Crippen molar-refractivity contribution in [2.45, 2.75) is 25.4 Å². The van der Waals surface area contributed by atoms with E-state index in [0.29, 0.717) is 0 Å². The summed E-state index contributed by atoms with van der Waals surface area (Å²) in [4.78, 5) is 2.26. The first kappa shape index (κ1) is 14.8. The Morgan fingerprint density at radius 1 is 1.25 bits per heavy atom. The Bertz CT molecular complexity index is 506. The molecule has 2 rings (SSSR count). The molecule has 4 nitrogen and oxygen atoms in total. The van der Waals surface area contributed by atoms with E-state index in [1.807, 2.05) is 30.2 Å². The zero-order valence-electron chi connectivity index (χ0n) is 12.4. The van der Waals surface area contributed by atoms with Crippen molar-refractivity contribution >= 4 is 0 Å². The minimum absolute atomic E-state index is 0.205. The molecule has 0 saturated carbocycles. The van der Waals surface area contributed by atoms with Gasteiger partial charge in [-0.25, -0.2) is 0 Å². The molecule has 0 aliphatic rings. The van der Waals surface area contributed by atoms with Gasteiger partial charge in [0.25, 0.3) is 0 Å². The molecule has 108 valence electrons. The van der Waals surface area contributed by atoms with E-state index >= 15 is 0 Å². The Morgan fingerprint density at radius 2 is 2.00 bits per heavy atom. The average Bonchev–Trinajstić information content (AvgIpc) is 2.83. The summed E-state index contributed by atoms with van der Waals surface area (Å²) in [5, 5.41) is 4.18. The number of nitrogens with two attached hydrogens (primary N) is 1. The van der Waals surface area contributed by atoms with Crippen LogP contribution >= 0.6 is 0 Å². The van der Waals surface area contributed by atoms with Crippen LogP contribution in [-0.4, -0.2) is 34.3 Å². The summed E-state index contributed by atoms with van der Waals surface area (Å²) in [7, 11) is 4.05. The molecule has 0 saturated heterocycles. The van der Waals surface area contributed by atoms with E-state index in [0.717, 1.165) is 25.9 Å². The maximum absolute atomic E-state index is 6.22. The molecular formula is C16H24N4. The molecule has 0 aliphatic carbocycles. The third-order valence-electron chi connectivity index (χ3n) is 3.40. The van der Waals surface area contributed by atoms with Crippen LogP contribution in [0.2, 0.25) is 0 Å². The molecule has 20 heavy (non-hydrogen) atoms. The van der Waals surface area contributed by atoms with Crippen LogP contribution in [-0.2, 0) is 20.0 Å². The van der Waals surface area contributed by atoms with Gasteiger partial charge in [-0.15, -0.1) is 0 Å². The summed E-state index contributed by atoms with van der Waals surface area (Å²) in [6.45, 7) is 1.80. The second-order valence-electron chi connectivity index (χ2n) is 5.50. The van der Waals surface area contributed by atoms with Crippen molar-refractivity contribution in [2.75, 3.05) is 13.6 Å². The summed E-state index contributed by atoms with van der Waals surface area (Å²) in [6.07, 6.45) is 6.02. The van der Waals surface area contributed by atoms with Gasteiger partial charge in [0.2, 0.25) is 0 Å². The maximum Gasteiger partial charge on any atom is 0.0534 e. The molecule has 0 fully saturated rings. The van der Waals surface area contributed by atoms with Crippen molar-refractivity contribution in [3.8, 4) is 0 Å². The van der Waals surface area contributed by atoms with E-state index in [1.54, 1.807) is 0 Å². The van der Waals surface area contributed by atoms with Gasteiger partial charge in [0.05, 0.1) is 6.20 Å². The number of aromatic nitrogens is 2. The fourth-order valence-electron chi connectivity index (χ4n) is 2.42. The van der Waals surface area contributed by atoms with Gasteiger partial charge in [-0.1, -0.05) is 30.3 Å². The highest BCUT2D eigenvalue weighted by Gasteiger charge is 2.08. The number of nitrogens with zero attached hydrogens (tertiary/aromatic N) is 3. The molecule has 2 N–H and O–H groups in total. The maximum atomic E-state index is 6.22. The Kier molecular flexibility index (Phi) is 5.32. The Morgan fingerprint density at radius 3 is 2.65 bits per heavy atom. The van der Waals surface area contributed by atoms with Gasteiger partial charge in [0.1, 0.15) is 0 Å². The first-order chi connectivity index (χ1) is 9.63. The average molecular weight is 272 g/mol. The molecule has 2 aromatic rings. The summed E-state index contributed by atoms with van der Waals surface area (Å²) >= 11 is 0. The van der Waals surface area contributed by atoms with Gasteiger partial charge in [-0.3, -0.25) is 4.68 Å². The van der Waals surface area contributed by atoms with E-state index < -0.39 is 0 Å². The van der Waals surface area contributed by atoms with Crippen LogP contribution in [0, 0.1) is 0 Å². The molecular weight excluding hydrogens is 248 g/mol. The lowest BCUT2D eigenvalue weighted by Gasteiger charge is -2.20. The number of hydrogen-bond donors (Lipinski definition) is 1. The molecule has 0 amide bonds. The zero-order chi connectivity index (χ0) is 14.4. The van der Waals surface area contributed by atoms with Gasteiger partial charge in [0.15, 0.2) is 0 Å². The SMILES string of the molecule is CN(Cc1cnn(C)c1)CC(N)CCc1ccccc1. The summed E-state index contributed by atoms with van der Waals surface area (Å²) in [5.41, 5.74) is 8.81. The highest BCUT2D eigenvalue weighted by atomic mass is 15.2. The van der Waals surface area contributed by atoms with Crippen LogP contribution < -0.4 is 5.73 Å². The van der Waals surface area contributed by atoms with Gasteiger partial charge in [-0.2, -0.15) is 5.10 Å². The predicted molar refractivity (Wildman–Crippen MR) is 82.3 cm³/mol. The van der Waals surface area contributed by atoms with Crippen LogP contribution in [0.25, 0.3) is 0 Å². The minimum atomic E-state index is 0.205. The van der Waals surface area contributed by atoms with Crippen LogP contribution in [0.4, 0.5) is 0 Å². The third-order valence-corrected chi connectivity index (χ3v) is 3.40. The highest BCUT2D eigenvalue weighted by Crippen LogP contribution is 2.06. The van der Waals surface area contributed by atoms with E-state index in [-0.39, 0.29) is 6.04 Å². The van der Waals surface area contributed by atoms with Crippen LogP contribution in [0.3, 0.4) is 0 Å². The number of likely N-dealkylation sites (N-methyl/N-ethyl adjacent to an activating group) is 1. The van der Waals surface area contributed by atoms with Crippen molar-refractivity contribution in [3.63, 3.8) is 0 Å². The second-order valence-corrected chi connectivity index (χ2v) is 5.50. The number of benzene rings is 1. The highest BCUT2D eigenvalue weighted by molar-refractivity contribution is 5.14. The molecule has 0 bridgehead atoms. The Labute approximate surface area is 121 Å². The lowest BCUT2D eigenvalue weighted by atomic mass is 10.1. The molecule has 1 aromatic carbocycles. The van der Waals surface area contributed by atoms with Crippen molar-refractivity contribution < 1.29 is 0 Å². The molecule has 1 aromatic heterocycles. The standard InChI is InChI=1S/C16H24N4/c1-19(11-15-10-18-20(2)12-15)13-16(17)9-8-14-6-4-3-5-7-14/h3-7,10,12,16H,8-9,11,13,17H2,1-2H3. The van der Waals surface area contributed by atoms with Crippen LogP contribution in [0.15, 0.2) is 42.7 Å². The predicted octanol–water partition coefficient (Wildman–Crippen LogP) is 1.81. The zero-order valence-corrected chi connectivity index (χ0v) is 12.4. The van der Waals surface area contributed by atoms with Crippen LogP contribution in [0.5, 0.6) is 0 Å². The summed E-state index contributed by atoms with van der Waals surface area (Å²) in [6, 6.07) is 10.7. The van der Waals surface area contributed by atoms with E-state index in [2.05, 4.69) is 41.3 Å². The van der Waals surface area contributed by atoms with Crippen molar-refractivity contribution in [2.24, 2.45) is 12.8 Å². The first-order valence-electron chi connectivity index (χ1n) is 7.09. The molecule has 1 heterocycles. The summed E-state index contributed by atoms with van der Waals surface area (Å²) in [5.74, 6) is 0. The van der Waals surface area contributed by atoms with Gasteiger partial charge in [-0.05, 0) is 25.5 Å². The van der Waals surface area contributed by atoms with Crippen LogP contribution in [0.1, 0.15) is 17.5 Å². The Hall–Kier alpha value is -1.65. The first-order valence-corrected chi connectivity index (χ1v) is 7.09. The monoisotopic (exact) mass is 272 g/mol. The smallest absolute Gasteiger partial charge is 0.0534 e. The molecule has 1 atom stereocenters. The fourth-order valence-corrected chi connectivity index (χ4v) is 2.42. The lowest BCUT2D eigenvalue weighted by molar-refractivity contribution is 0.297. The number of rotatable bonds is 7. The van der Waals surface area contributed by atoms with Gasteiger partial charge < -0.3 is 10.6 Å². The van der Waals surface area contributed by atoms with E-state index in [4.69, 9.17) is 5.73 Å². The molecule has 1 unspecified atom stereocenters. The summed E-state index contributed by atoms with van der Waals surface area (Å²) < 4.78 is 1.83. The van der Waals surface area contributed by atoms with Crippen molar-refractivity contribution in [3.05, 3.63) is 53.9 Å². The van der Waals surface area contributed by atoms with Gasteiger partial charge in [0, 0.05) is 37.9 Å². The van der Waals surface area contributed by atoms with Crippen molar-refractivity contribution in [1.29, 1.82) is 0 Å².